The highest BCUT2D eigenvalue weighted by Gasteiger charge is 2.31. The minimum atomic E-state index is -3.10. The van der Waals surface area contributed by atoms with Crippen molar-refractivity contribution < 1.29 is 8.42 Å². The van der Waals surface area contributed by atoms with Crippen molar-refractivity contribution in [3.8, 4) is 0 Å². The molecule has 0 spiro atoms. The van der Waals surface area contributed by atoms with E-state index in [1.165, 1.54) is 0 Å². The molecule has 2 aliphatic rings. The molecule has 2 fully saturated rings. The SMILES string of the molecule is CCN1CCC(N(C)S(=O)(=O)CC2CCNCC2)CC1. The molecular weight excluding hydrogens is 274 g/mol. The lowest BCUT2D eigenvalue weighted by Gasteiger charge is -2.36. The molecule has 0 aliphatic carbocycles. The third-order valence-electron chi connectivity index (χ3n) is 4.86. The van der Waals surface area contributed by atoms with Gasteiger partial charge in [-0.1, -0.05) is 6.92 Å². The van der Waals surface area contributed by atoms with Crippen LogP contribution < -0.4 is 5.32 Å². The van der Waals surface area contributed by atoms with Crippen molar-refractivity contribution in [2.45, 2.75) is 38.6 Å². The molecule has 6 heteroatoms. The summed E-state index contributed by atoms with van der Waals surface area (Å²) in [5.74, 6) is 0.665. The summed E-state index contributed by atoms with van der Waals surface area (Å²) in [6, 6.07) is 0.199. The first-order valence-electron chi connectivity index (χ1n) is 7.91. The summed E-state index contributed by atoms with van der Waals surface area (Å²) in [7, 11) is -1.32. The van der Waals surface area contributed by atoms with Crippen LogP contribution in [0.25, 0.3) is 0 Å². The minimum absolute atomic E-state index is 0.199. The van der Waals surface area contributed by atoms with Gasteiger partial charge >= 0.3 is 0 Å². The maximum atomic E-state index is 12.5. The summed E-state index contributed by atoms with van der Waals surface area (Å²) < 4.78 is 26.8. The summed E-state index contributed by atoms with van der Waals surface area (Å²) in [6.07, 6.45) is 3.91. The number of nitrogens with zero attached hydrogens (tertiary/aromatic N) is 2. The maximum Gasteiger partial charge on any atom is 0.214 e. The van der Waals surface area contributed by atoms with E-state index in [-0.39, 0.29) is 6.04 Å². The average Bonchev–Trinajstić information content (AvgIpc) is 2.47. The number of rotatable bonds is 5. The smallest absolute Gasteiger partial charge is 0.214 e. The fourth-order valence-corrected chi connectivity index (χ4v) is 5.12. The van der Waals surface area contributed by atoms with Crippen LogP contribution in [0.1, 0.15) is 32.6 Å². The van der Waals surface area contributed by atoms with Crippen molar-refractivity contribution >= 4 is 10.0 Å². The van der Waals surface area contributed by atoms with Gasteiger partial charge in [0.1, 0.15) is 0 Å². The molecule has 0 atom stereocenters. The molecule has 20 heavy (non-hydrogen) atoms. The van der Waals surface area contributed by atoms with Gasteiger partial charge in [0.25, 0.3) is 0 Å². The Kier molecular flexibility index (Phi) is 5.84. The van der Waals surface area contributed by atoms with Crippen molar-refractivity contribution in [2.24, 2.45) is 5.92 Å². The molecule has 118 valence electrons. The Morgan fingerprint density at radius 2 is 1.75 bits per heavy atom. The van der Waals surface area contributed by atoms with E-state index in [9.17, 15) is 8.42 Å². The van der Waals surface area contributed by atoms with Gasteiger partial charge in [-0.3, -0.25) is 0 Å². The predicted molar refractivity (Wildman–Crippen MR) is 82.3 cm³/mol. The van der Waals surface area contributed by atoms with Crippen LogP contribution in [0.4, 0.5) is 0 Å². The topological polar surface area (TPSA) is 52.7 Å². The first kappa shape index (κ1) is 16.2. The van der Waals surface area contributed by atoms with Gasteiger partial charge in [0.05, 0.1) is 5.75 Å². The monoisotopic (exact) mass is 303 g/mol. The largest absolute Gasteiger partial charge is 0.317 e. The van der Waals surface area contributed by atoms with E-state index in [1.54, 1.807) is 11.4 Å². The first-order chi connectivity index (χ1) is 9.53. The Hall–Kier alpha value is -0.170. The highest BCUT2D eigenvalue weighted by Crippen LogP contribution is 2.21. The van der Waals surface area contributed by atoms with E-state index < -0.39 is 10.0 Å². The number of sulfonamides is 1. The fraction of sp³-hybridized carbons (Fsp3) is 1.00. The van der Waals surface area contributed by atoms with Crippen LogP contribution in [0.5, 0.6) is 0 Å². The lowest BCUT2D eigenvalue weighted by Crippen LogP contribution is -2.47. The van der Waals surface area contributed by atoms with Crippen molar-refractivity contribution in [2.75, 3.05) is 45.5 Å². The number of nitrogens with one attached hydrogen (secondary N) is 1. The number of hydrogen-bond donors (Lipinski definition) is 1. The molecular formula is C14H29N3O2S. The number of piperidine rings is 2. The van der Waals surface area contributed by atoms with Crippen molar-refractivity contribution in [3.63, 3.8) is 0 Å². The van der Waals surface area contributed by atoms with Gasteiger partial charge in [-0.25, -0.2) is 12.7 Å². The summed E-state index contributed by atoms with van der Waals surface area (Å²) in [5.41, 5.74) is 0. The quantitative estimate of drug-likeness (QED) is 0.814. The van der Waals surface area contributed by atoms with E-state index in [4.69, 9.17) is 0 Å². The Morgan fingerprint density at radius 3 is 2.30 bits per heavy atom. The Morgan fingerprint density at radius 1 is 1.15 bits per heavy atom. The van der Waals surface area contributed by atoms with Crippen LogP contribution in [0.15, 0.2) is 0 Å². The molecule has 0 amide bonds. The average molecular weight is 303 g/mol. The normalized spacial score (nSPS) is 24.4. The van der Waals surface area contributed by atoms with Crippen molar-refractivity contribution in [1.82, 2.24) is 14.5 Å². The van der Waals surface area contributed by atoms with Crippen LogP contribution in [0, 0.1) is 5.92 Å². The molecule has 2 rings (SSSR count). The summed E-state index contributed by atoms with van der Waals surface area (Å²) in [6.45, 7) is 7.19. The van der Waals surface area contributed by atoms with Gasteiger partial charge < -0.3 is 10.2 Å². The zero-order valence-electron chi connectivity index (χ0n) is 12.8. The fourth-order valence-electron chi connectivity index (χ4n) is 3.29. The molecule has 2 saturated heterocycles. The van der Waals surface area contributed by atoms with E-state index in [1.807, 2.05) is 0 Å². The van der Waals surface area contributed by atoms with Gasteiger partial charge in [0, 0.05) is 13.1 Å². The Balaban J connectivity index is 1.88. The third-order valence-corrected chi connectivity index (χ3v) is 6.93. The zero-order chi connectivity index (χ0) is 14.6. The lowest BCUT2D eigenvalue weighted by molar-refractivity contribution is 0.176. The third kappa shape index (κ3) is 4.16. The molecule has 2 aliphatic heterocycles. The number of likely N-dealkylation sites (tertiary alicyclic amines) is 1. The molecule has 0 saturated carbocycles. The van der Waals surface area contributed by atoms with Crippen LogP contribution >= 0.6 is 0 Å². The van der Waals surface area contributed by atoms with E-state index >= 15 is 0 Å². The number of hydrogen-bond acceptors (Lipinski definition) is 4. The second kappa shape index (κ2) is 7.20. The first-order valence-corrected chi connectivity index (χ1v) is 9.52. The summed E-state index contributed by atoms with van der Waals surface area (Å²) >= 11 is 0. The Bertz CT molecular complexity index is 385. The molecule has 0 aromatic rings. The van der Waals surface area contributed by atoms with Crippen LogP contribution in [0.3, 0.4) is 0 Å². The van der Waals surface area contributed by atoms with Crippen LogP contribution in [-0.4, -0.2) is 69.2 Å². The van der Waals surface area contributed by atoms with Crippen molar-refractivity contribution in [3.05, 3.63) is 0 Å². The molecule has 0 unspecified atom stereocenters. The predicted octanol–water partition coefficient (Wildman–Crippen LogP) is 0.732. The summed E-state index contributed by atoms with van der Waals surface area (Å²) in [4.78, 5) is 2.39. The molecule has 0 aromatic heterocycles. The highest BCUT2D eigenvalue weighted by atomic mass is 32.2. The van der Waals surface area contributed by atoms with E-state index in [0.29, 0.717) is 11.7 Å². The Labute approximate surface area is 123 Å². The highest BCUT2D eigenvalue weighted by molar-refractivity contribution is 7.89. The van der Waals surface area contributed by atoms with E-state index in [0.717, 1.165) is 58.4 Å². The lowest BCUT2D eigenvalue weighted by atomic mass is 10.0. The molecule has 1 N–H and O–H groups in total. The molecule has 2 heterocycles. The standard InChI is InChI=1S/C14H29N3O2S/c1-3-17-10-6-14(7-11-17)16(2)20(18,19)12-13-4-8-15-9-5-13/h13-15H,3-12H2,1-2H3. The molecule has 5 nitrogen and oxygen atoms in total. The molecule has 0 bridgehead atoms. The van der Waals surface area contributed by atoms with Gasteiger partial charge in [-0.15, -0.1) is 0 Å². The van der Waals surface area contributed by atoms with Crippen molar-refractivity contribution in [1.29, 1.82) is 0 Å². The van der Waals surface area contributed by atoms with E-state index in [2.05, 4.69) is 17.1 Å². The molecule has 0 radical (unpaired) electrons. The molecule has 0 aromatic carbocycles. The van der Waals surface area contributed by atoms with Crippen LogP contribution in [0.2, 0.25) is 0 Å². The van der Waals surface area contributed by atoms with Gasteiger partial charge in [0.15, 0.2) is 0 Å². The maximum absolute atomic E-state index is 12.5. The van der Waals surface area contributed by atoms with Gasteiger partial charge in [-0.05, 0) is 64.3 Å². The van der Waals surface area contributed by atoms with Gasteiger partial charge in [0.2, 0.25) is 10.0 Å². The van der Waals surface area contributed by atoms with Crippen LogP contribution in [-0.2, 0) is 10.0 Å². The summed E-state index contributed by atoms with van der Waals surface area (Å²) in [5, 5.41) is 3.29. The second-order valence-electron chi connectivity index (χ2n) is 6.15. The second-order valence-corrected chi connectivity index (χ2v) is 8.23. The minimum Gasteiger partial charge on any atom is -0.317 e. The van der Waals surface area contributed by atoms with Gasteiger partial charge in [-0.2, -0.15) is 0 Å². The zero-order valence-corrected chi connectivity index (χ0v) is 13.7.